The molecule has 0 atom stereocenters. The lowest BCUT2D eigenvalue weighted by Crippen LogP contribution is -2.35. The van der Waals surface area contributed by atoms with Gasteiger partial charge in [-0.05, 0) is 49.1 Å². The molecule has 0 fully saturated rings. The van der Waals surface area contributed by atoms with Crippen molar-refractivity contribution >= 4 is 45.9 Å². The normalized spacial score (nSPS) is 14.9. The van der Waals surface area contributed by atoms with Gasteiger partial charge in [0.2, 0.25) is 0 Å². The lowest BCUT2D eigenvalue weighted by Gasteiger charge is -2.15. The number of aromatic nitrogens is 2. The topological polar surface area (TPSA) is 83.4 Å². The molecular formula is C22H19N5O2S2. The summed E-state index contributed by atoms with van der Waals surface area (Å²) in [5, 5.41) is 11.3. The van der Waals surface area contributed by atoms with Gasteiger partial charge in [0, 0.05) is 11.9 Å². The van der Waals surface area contributed by atoms with E-state index in [4.69, 9.17) is 5.26 Å². The summed E-state index contributed by atoms with van der Waals surface area (Å²) in [6.07, 6.45) is 1.74. The number of nitriles is 1. The summed E-state index contributed by atoms with van der Waals surface area (Å²) in [6, 6.07) is 13.3. The summed E-state index contributed by atoms with van der Waals surface area (Å²) in [5.74, 6) is -0.258. The number of aryl methyl sites for hydroxylation is 1. The molecule has 9 heteroatoms. The molecule has 31 heavy (non-hydrogen) atoms. The van der Waals surface area contributed by atoms with Crippen LogP contribution in [-0.4, -0.2) is 26.2 Å². The first-order chi connectivity index (χ1) is 14.9. The van der Waals surface area contributed by atoms with E-state index in [0.29, 0.717) is 16.5 Å². The molecule has 0 saturated heterocycles. The number of thiophene rings is 1. The number of carbonyl (C=O) groups excluding carboxylic acids is 1. The second-order valence-electron chi connectivity index (χ2n) is 6.89. The average Bonchev–Trinajstić information content (AvgIpc) is 3.37. The molecule has 0 N–H and O–H groups in total. The molecular weight excluding hydrogens is 430 g/mol. The molecule has 0 saturated carbocycles. The summed E-state index contributed by atoms with van der Waals surface area (Å²) in [7, 11) is 1.78. The number of carbonyl (C=O) groups is 1. The maximum atomic E-state index is 13.4. The Kier molecular flexibility index (Phi) is 5.67. The van der Waals surface area contributed by atoms with E-state index in [1.807, 2.05) is 48.7 Å². The van der Waals surface area contributed by atoms with Gasteiger partial charge in [0.05, 0.1) is 23.2 Å². The fraction of sp³-hybridized carbons (Fsp3) is 0.182. The minimum atomic E-state index is -0.376. The molecule has 1 amide bonds. The van der Waals surface area contributed by atoms with Crippen LogP contribution < -0.4 is 10.5 Å². The maximum absolute atomic E-state index is 13.4. The summed E-state index contributed by atoms with van der Waals surface area (Å²) < 4.78 is 3.24. The zero-order valence-corrected chi connectivity index (χ0v) is 18.8. The van der Waals surface area contributed by atoms with Gasteiger partial charge in [0.1, 0.15) is 11.4 Å². The van der Waals surface area contributed by atoms with Gasteiger partial charge in [-0.1, -0.05) is 30.0 Å². The minimum Gasteiger partial charge on any atom is -0.283 e. The van der Waals surface area contributed by atoms with Crippen LogP contribution in [0.2, 0.25) is 0 Å². The molecule has 7 nitrogen and oxygen atoms in total. The summed E-state index contributed by atoms with van der Waals surface area (Å²) >= 11 is 2.66. The number of nitrogens with zero attached hydrogens (tertiary/aromatic N) is 5. The second kappa shape index (κ2) is 8.41. The van der Waals surface area contributed by atoms with E-state index in [2.05, 4.69) is 11.1 Å². The smallest absolute Gasteiger partial charge is 0.283 e. The first-order valence-electron chi connectivity index (χ1n) is 9.46. The Balaban J connectivity index is 1.85. The van der Waals surface area contributed by atoms with Crippen molar-refractivity contribution in [1.82, 2.24) is 9.36 Å². The van der Waals surface area contributed by atoms with Crippen molar-refractivity contribution in [3.8, 4) is 11.8 Å². The van der Waals surface area contributed by atoms with Gasteiger partial charge in [-0.2, -0.15) is 5.26 Å². The quantitative estimate of drug-likeness (QED) is 0.567. The van der Waals surface area contributed by atoms with Crippen molar-refractivity contribution in [2.75, 3.05) is 10.7 Å². The third kappa shape index (κ3) is 3.65. The van der Waals surface area contributed by atoms with Gasteiger partial charge in [-0.25, -0.2) is 14.6 Å². The largest absolute Gasteiger partial charge is 0.296 e. The fourth-order valence-electron chi connectivity index (χ4n) is 3.36. The number of amides is 1. The number of thioether (sulfide) groups is 1. The molecule has 2 aromatic heterocycles. The van der Waals surface area contributed by atoms with Crippen LogP contribution in [0.5, 0.6) is 0 Å². The van der Waals surface area contributed by atoms with Crippen molar-refractivity contribution < 1.29 is 4.79 Å². The number of rotatable bonds is 4. The highest BCUT2D eigenvalue weighted by Gasteiger charge is 2.36. The zero-order valence-electron chi connectivity index (χ0n) is 17.2. The molecule has 1 aliphatic rings. The predicted octanol–water partition coefficient (Wildman–Crippen LogP) is 3.85. The van der Waals surface area contributed by atoms with E-state index in [1.165, 1.54) is 20.9 Å². The van der Waals surface area contributed by atoms with Crippen LogP contribution in [0.3, 0.4) is 0 Å². The van der Waals surface area contributed by atoms with Gasteiger partial charge < -0.3 is 0 Å². The predicted molar refractivity (Wildman–Crippen MR) is 126 cm³/mol. The highest BCUT2D eigenvalue weighted by molar-refractivity contribution is 8.14. The molecule has 3 heterocycles. The number of aliphatic imine (C=N–C) groups is 1. The Bertz CT molecular complexity index is 1320. The summed E-state index contributed by atoms with van der Waals surface area (Å²) in [4.78, 5) is 33.6. The number of para-hydroxylation sites is 1. The molecule has 1 aromatic carbocycles. The number of benzene rings is 1. The molecule has 1 aliphatic heterocycles. The van der Waals surface area contributed by atoms with E-state index >= 15 is 0 Å². The first-order valence-corrected chi connectivity index (χ1v) is 11.3. The number of anilines is 1. The highest BCUT2D eigenvalue weighted by Crippen LogP contribution is 2.31. The number of hydrogen-bond donors (Lipinski definition) is 0. The van der Waals surface area contributed by atoms with Crippen LogP contribution in [0.15, 0.2) is 57.3 Å². The molecule has 0 unspecified atom stereocenters. The Morgan fingerprint density at radius 2 is 1.94 bits per heavy atom. The number of hydrogen-bond acceptors (Lipinski definition) is 6. The Morgan fingerprint density at radius 1 is 1.19 bits per heavy atom. The van der Waals surface area contributed by atoms with Crippen LogP contribution in [0.25, 0.3) is 11.8 Å². The van der Waals surface area contributed by atoms with Crippen molar-refractivity contribution in [3.63, 3.8) is 0 Å². The van der Waals surface area contributed by atoms with Crippen LogP contribution in [0.4, 0.5) is 5.69 Å². The Morgan fingerprint density at radius 3 is 2.58 bits per heavy atom. The summed E-state index contributed by atoms with van der Waals surface area (Å²) in [5.41, 5.74) is 2.54. The van der Waals surface area contributed by atoms with Crippen molar-refractivity contribution in [2.24, 2.45) is 12.0 Å². The van der Waals surface area contributed by atoms with Crippen molar-refractivity contribution in [2.45, 2.75) is 13.8 Å². The molecule has 156 valence electrons. The van der Waals surface area contributed by atoms with Gasteiger partial charge in [-0.15, -0.1) is 11.3 Å². The summed E-state index contributed by atoms with van der Waals surface area (Å²) in [6.45, 7) is 3.76. The standard InChI is InChI=1S/C22H19N5O2S2/c1-14-9-11-30-18(14)13-17-20(28)26(22(24-17)31-12-10-23)19-15(2)25(3)27(21(19)29)16-7-5-4-6-8-16/h4-9,11,13H,12H2,1-3H3. The fourth-order valence-corrected chi connectivity index (χ4v) is 4.87. The molecule has 4 rings (SSSR count). The molecule has 0 bridgehead atoms. The third-order valence-corrected chi connectivity index (χ3v) is 6.78. The van der Waals surface area contributed by atoms with Crippen LogP contribution >= 0.6 is 23.1 Å². The van der Waals surface area contributed by atoms with Crippen LogP contribution in [0.1, 0.15) is 16.1 Å². The first kappa shape index (κ1) is 20.9. The molecule has 0 radical (unpaired) electrons. The number of amidine groups is 1. The molecule has 0 spiro atoms. The van der Waals surface area contributed by atoms with Crippen LogP contribution in [-0.2, 0) is 11.8 Å². The Labute approximate surface area is 187 Å². The zero-order chi connectivity index (χ0) is 22.1. The highest BCUT2D eigenvalue weighted by atomic mass is 32.2. The van der Waals surface area contributed by atoms with E-state index in [1.54, 1.807) is 24.7 Å². The minimum absolute atomic E-state index is 0.118. The lowest BCUT2D eigenvalue weighted by molar-refractivity contribution is -0.113. The van der Waals surface area contributed by atoms with E-state index in [9.17, 15) is 9.59 Å². The lowest BCUT2D eigenvalue weighted by atomic mass is 10.2. The maximum Gasteiger partial charge on any atom is 0.296 e. The molecule has 3 aromatic rings. The van der Waals surface area contributed by atoms with Crippen molar-refractivity contribution in [3.05, 3.63) is 74.0 Å². The van der Waals surface area contributed by atoms with Gasteiger partial charge in [0.25, 0.3) is 11.5 Å². The Hall–Kier alpha value is -3.35. The van der Waals surface area contributed by atoms with E-state index < -0.39 is 0 Å². The average molecular weight is 450 g/mol. The monoisotopic (exact) mass is 449 g/mol. The van der Waals surface area contributed by atoms with Gasteiger partial charge >= 0.3 is 0 Å². The third-order valence-electron chi connectivity index (χ3n) is 5.01. The van der Waals surface area contributed by atoms with Gasteiger partial charge in [-0.3, -0.25) is 14.3 Å². The second-order valence-corrected chi connectivity index (χ2v) is 8.78. The SMILES string of the molecule is Cc1ccsc1C=C1N=C(SCC#N)N(c2c(C)n(C)n(-c3ccccc3)c2=O)C1=O. The van der Waals surface area contributed by atoms with E-state index in [0.717, 1.165) is 22.2 Å². The van der Waals surface area contributed by atoms with E-state index in [-0.39, 0.29) is 28.6 Å². The van der Waals surface area contributed by atoms with Crippen LogP contribution in [0, 0.1) is 25.2 Å². The van der Waals surface area contributed by atoms with Crippen molar-refractivity contribution in [1.29, 1.82) is 5.26 Å². The van der Waals surface area contributed by atoms with Gasteiger partial charge in [0.15, 0.2) is 5.17 Å². The molecule has 0 aliphatic carbocycles.